The van der Waals surface area contributed by atoms with Gasteiger partial charge >= 0.3 is 0 Å². The van der Waals surface area contributed by atoms with Gasteiger partial charge in [0.1, 0.15) is 5.69 Å². The molecule has 104 valence electrons. The van der Waals surface area contributed by atoms with Gasteiger partial charge in [-0.25, -0.2) is 9.97 Å². The summed E-state index contributed by atoms with van der Waals surface area (Å²) in [5.41, 5.74) is 6.22. The molecule has 0 fully saturated rings. The molecule has 0 bridgehead atoms. The van der Waals surface area contributed by atoms with Crippen molar-refractivity contribution >= 4 is 34.9 Å². The van der Waals surface area contributed by atoms with Gasteiger partial charge in [0.05, 0.1) is 6.10 Å². The quantitative estimate of drug-likeness (QED) is 0.335. The topological polar surface area (TPSA) is 84.1 Å². The molecular formula is C12H17ClN4OS. The first-order valence-electron chi connectivity index (χ1n) is 6.19. The predicted molar refractivity (Wildman–Crippen MR) is 79.6 cm³/mol. The minimum absolute atomic E-state index is 0.0206. The van der Waals surface area contributed by atoms with E-state index < -0.39 is 6.10 Å². The molecule has 1 heterocycles. The lowest BCUT2D eigenvalue weighted by Crippen LogP contribution is -2.19. The summed E-state index contributed by atoms with van der Waals surface area (Å²) in [6, 6.07) is 0.0206. The fourth-order valence-electron chi connectivity index (χ4n) is 1.75. The molecule has 4 N–H and O–H groups in total. The molecule has 0 spiro atoms. The first kappa shape index (κ1) is 14.4. The Hall–Kier alpha value is -0.980. The molecule has 0 saturated heterocycles. The average molecular weight is 301 g/mol. The number of aliphatic hydroxyl groups is 1. The normalized spacial score (nSPS) is 21.8. The number of halogens is 1. The fraction of sp³-hybridized carbons (Fsp3) is 0.500. The number of nitrogens with one attached hydrogen (secondary N) is 1. The maximum atomic E-state index is 9.45. The Morgan fingerprint density at radius 3 is 2.95 bits per heavy atom. The highest BCUT2D eigenvalue weighted by atomic mass is 35.5. The van der Waals surface area contributed by atoms with Crippen molar-refractivity contribution in [2.75, 3.05) is 16.8 Å². The number of nitrogen functional groups attached to an aromatic ring is 1. The summed E-state index contributed by atoms with van der Waals surface area (Å²) in [5.74, 6) is 1.46. The van der Waals surface area contributed by atoms with Crippen molar-refractivity contribution in [3.63, 3.8) is 0 Å². The van der Waals surface area contributed by atoms with Gasteiger partial charge in [-0.05, 0) is 6.42 Å². The summed E-state index contributed by atoms with van der Waals surface area (Å²) in [6.45, 7) is 2.09. The van der Waals surface area contributed by atoms with E-state index in [0.717, 1.165) is 12.2 Å². The number of nitrogens with zero attached hydrogens (tertiary/aromatic N) is 2. The molecule has 0 radical (unpaired) electrons. The molecule has 2 rings (SSSR count). The number of rotatable bonds is 5. The molecule has 1 aliphatic rings. The lowest BCUT2D eigenvalue weighted by atomic mass is 10.2. The van der Waals surface area contributed by atoms with E-state index in [4.69, 9.17) is 17.3 Å². The van der Waals surface area contributed by atoms with Crippen LogP contribution in [0, 0.1) is 0 Å². The first-order chi connectivity index (χ1) is 9.10. The number of anilines is 2. The van der Waals surface area contributed by atoms with E-state index >= 15 is 0 Å². The number of thioether (sulfide) groups is 1. The Morgan fingerprint density at radius 1 is 1.53 bits per heavy atom. The molecule has 1 aromatic rings. The third-order valence-corrected chi connectivity index (χ3v) is 4.04. The van der Waals surface area contributed by atoms with Crippen molar-refractivity contribution in [1.29, 1.82) is 0 Å². The Bertz CT molecular complexity index is 483. The van der Waals surface area contributed by atoms with Gasteiger partial charge in [-0.15, -0.1) is 0 Å². The first-order valence-corrected chi connectivity index (χ1v) is 7.55. The molecule has 1 unspecified atom stereocenters. The third kappa shape index (κ3) is 3.75. The van der Waals surface area contributed by atoms with Crippen LogP contribution in [0.2, 0.25) is 5.15 Å². The van der Waals surface area contributed by atoms with Gasteiger partial charge in [0.2, 0.25) is 0 Å². The lowest BCUT2D eigenvalue weighted by Gasteiger charge is -2.15. The smallest absolute Gasteiger partial charge is 0.191 e. The second-order valence-electron chi connectivity index (χ2n) is 4.35. The van der Waals surface area contributed by atoms with Crippen LogP contribution in [0.3, 0.4) is 0 Å². The van der Waals surface area contributed by atoms with E-state index in [1.54, 1.807) is 17.8 Å². The molecule has 1 aromatic heterocycles. The summed E-state index contributed by atoms with van der Waals surface area (Å²) >= 11 is 7.56. The Balaban J connectivity index is 2.14. The largest absolute Gasteiger partial charge is 0.393 e. The second-order valence-corrected chi connectivity index (χ2v) is 5.77. The molecule has 2 atom stereocenters. The SMILES string of the molecule is CCCSc1nc(Cl)c(N)c(NC2C=C[C@@H](O)C2)n1. The van der Waals surface area contributed by atoms with E-state index in [1.165, 1.54) is 0 Å². The van der Waals surface area contributed by atoms with Crippen LogP contribution in [0.4, 0.5) is 11.5 Å². The highest BCUT2D eigenvalue weighted by Crippen LogP contribution is 2.29. The van der Waals surface area contributed by atoms with Crippen molar-refractivity contribution in [2.24, 2.45) is 0 Å². The maximum Gasteiger partial charge on any atom is 0.191 e. The van der Waals surface area contributed by atoms with Crippen LogP contribution in [-0.2, 0) is 0 Å². The van der Waals surface area contributed by atoms with Gasteiger partial charge in [-0.3, -0.25) is 0 Å². The zero-order valence-corrected chi connectivity index (χ0v) is 12.2. The molecule has 0 saturated carbocycles. The number of aromatic nitrogens is 2. The number of hydrogen-bond acceptors (Lipinski definition) is 6. The number of nitrogens with two attached hydrogens (primary N) is 1. The molecule has 5 nitrogen and oxygen atoms in total. The Kier molecular flexibility index (Phi) is 4.90. The van der Waals surface area contributed by atoms with E-state index in [9.17, 15) is 5.11 Å². The molecule has 1 aliphatic carbocycles. The molecule has 7 heteroatoms. The van der Waals surface area contributed by atoms with Crippen LogP contribution < -0.4 is 11.1 Å². The van der Waals surface area contributed by atoms with E-state index in [1.807, 2.05) is 6.08 Å². The minimum atomic E-state index is -0.412. The van der Waals surface area contributed by atoms with Crippen LogP contribution in [-0.4, -0.2) is 33.0 Å². The zero-order chi connectivity index (χ0) is 13.8. The summed E-state index contributed by atoms with van der Waals surface area (Å²) < 4.78 is 0. The summed E-state index contributed by atoms with van der Waals surface area (Å²) in [7, 11) is 0. The van der Waals surface area contributed by atoms with Crippen molar-refractivity contribution in [3.05, 3.63) is 17.3 Å². The van der Waals surface area contributed by atoms with E-state index in [0.29, 0.717) is 23.1 Å². The van der Waals surface area contributed by atoms with Gasteiger partial charge in [0, 0.05) is 18.2 Å². The Labute approximate surface area is 121 Å². The highest BCUT2D eigenvalue weighted by Gasteiger charge is 2.19. The molecular weight excluding hydrogens is 284 g/mol. The van der Waals surface area contributed by atoms with Crippen LogP contribution in [0.5, 0.6) is 0 Å². The summed E-state index contributed by atoms with van der Waals surface area (Å²) in [5, 5.41) is 13.5. The average Bonchev–Trinajstić information content (AvgIpc) is 2.78. The van der Waals surface area contributed by atoms with Gasteiger partial charge in [-0.1, -0.05) is 42.4 Å². The monoisotopic (exact) mass is 300 g/mol. The van der Waals surface area contributed by atoms with E-state index in [2.05, 4.69) is 22.2 Å². The van der Waals surface area contributed by atoms with E-state index in [-0.39, 0.29) is 11.2 Å². The van der Waals surface area contributed by atoms with Crippen LogP contribution >= 0.6 is 23.4 Å². The number of hydrogen-bond donors (Lipinski definition) is 3. The van der Waals surface area contributed by atoms with Crippen LogP contribution in [0.1, 0.15) is 19.8 Å². The predicted octanol–water partition coefficient (Wildman–Crippen LogP) is 2.32. The third-order valence-electron chi connectivity index (χ3n) is 2.70. The molecule has 0 aliphatic heterocycles. The van der Waals surface area contributed by atoms with Crippen molar-refractivity contribution in [2.45, 2.75) is 37.1 Å². The second kappa shape index (κ2) is 6.45. The minimum Gasteiger partial charge on any atom is -0.393 e. The van der Waals surface area contributed by atoms with Crippen molar-refractivity contribution in [1.82, 2.24) is 9.97 Å². The van der Waals surface area contributed by atoms with Gasteiger partial charge in [0.25, 0.3) is 0 Å². The molecule has 0 aromatic carbocycles. The highest BCUT2D eigenvalue weighted by molar-refractivity contribution is 7.99. The van der Waals surface area contributed by atoms with Gasteiger partial charge in [-0.2, -0.15) is 0 Å². The maximum absolute atomic E-state index is 9.45. The fourth-order valence-corrected chi connectivity index (χ4v) is 2.67. The lowest BCUT2D eigenvalue weighted by molar-refractivity contribution is 0.220. The van der Waals surface area contributed by atoms with Crippen LogP contribution in [0.15, 0.2) is 17.3 Å². The Morgan fingerprint density at radius 2 is 2.32 bits per heavy atom. The number of aliphatic hydroxyl groups excluding tert-OH is 1. The van der Waals surface area contributed by atoms with Crippen molar-refractivity contribution < 1.29 is 5.11 Å². The summed E-state index contributed by atoms with van der Waals surface area (Å²) in [4.78, 5) is 8.52. The zero-order valence-electron chi connectivity index (χ0n) is 10.6. The summed E-state index contributed by atoms with van der Waals surface area (Å²) in [6.07, 6.45) is 4.89. The van der Waals surface area contributed by atoms with Crippen LogP contribution in [0.25, 0.3) is 0 Å². The standard InChI is InChI=1S/C12H17ClN4OS/c1-2-5-19-12-16-10(13)9(14)11(17-12)15-7-3-4-8(18)6-7/h3-4,7-8,18H,2,5-6,14H2,1H3,(H,15,16,17)/t7?,8-/m1/s1. The van der Waals surface area contributed by atoms with Crippen molar-refractivity contribution in [3.8, 4) is 0 Å². The van der Waals surface area contributed by atoms with Gasteiger partial charge < -0.3 is 16.2 Å². The molecule has 0 amide bonds. The van der Waals surface area contributed by atoms with Gasteiger partial charge in [0.15, 0.2) is 16.1 Å². The molecule has 19 heavy (non-hydrogen) atoms.